The maximum atomic E-state index is 11.3. The maximum absolute atomic E-state index is 11.3. The van der Waals surface area contributed by atoms with Crippen LogP contribution in [-0.2, 0) is 16.1 Å². The summed E-state index contributed by atoms with van der Waals surface area (Å²) in [6.07, 6.45) is 0.481. The third kappa shape index (κ3) is 4.87. The monoisotopic (exact) mass is 236 g/mol. The predicted molar refractivity (Wildman–Crippen MR) is 68.9 cm³/mol. The normalized spacial score (nSPS) is 10.0. The fraction of sp³-hybridized carbons (Fsp3) is 0.462. The van der Waals surface area contributed by atoms with Crippen molar-refractivity contribution < 1.29 is 9.53 Å². The van der Waals surface area contributed by atoms with Crippen molar-refractivity contribution in [3.63, 3.8) is 0 Å². The first kappa shape index (κ1) is 13.5. The number of hydrogen-bond donors (Lipinski definition) is 2. The van der Waals surface area contributed by atoms with Crippen molar-refractivity contribution in [1.82, 2.24) is 5.32 Å². The zero-order valence-corrected chi connectivity index (χ0v) is 10.5. The van der Waals surface area contributed by atoms with Crippen LogP contribution in [0.2, 0.25) is 0 Å². The van der Waals surface area contributed by atoms with Crippen molar-refractivity contribution in [2.75, 3.05) is 25.5 Å². The van der Waals surface area contributed by atoms with Crippen molar-refractivity contribution in [2.24, 2.45) is 0 Å². The van der Waals surface area contributed by atoms with E-state index in [1.165, 1.54) is 0 Å². The van der Waals surface area contributed by atoms with Crippen LogP contribution in [0.4, 0.5) is 5.69 Å². The van der Waals surface area contributed by atoms with Crippen LogP contribution in [0.5, 0.6) is 0 Å². The Bertz CT molecular complexity index is 353. The second-order valence-corrected chi connectivity index (χ2v) is 3.72. The van der Waals surface area contributed by atoms with Crippen molar-refractivity contribution in [3.05, 3.63) is 29.8 Å². The van der Waals surface area contributed by atoms with Gasteiger partial charge in [0.15, 0.2) is 0 Å². The Morgan fingerprint density at radius 2 is 2.12 bits per heavy atom. The zero-order chi connectivity index (χ0) is 12.5. The highest BCUT2D eigenvalue weighted by atomic mass is 16.5. The predicted octanol–water partition coefficient (Wildman–Crippen LogP) is 1.77. The summed E-state index contributed by atoms with van der Waals surface area (Å²) >= 11 is 0. The average Bonchev–Trinajstić information content (AvgIpc) is 2.32. The molecular formula is C13H20N2O2. The van der Waals surface area contributed by atoms with E-state index in [4.69, 9.17) is 4.74 Å². The first-order valence-corrected chi connectivity index (χ1v) is 5.85. The molecule has 1 aromatic rings. The van der Waals surface area contributed by atoms with Crippen LogP contribution in [0.1, 0.15) is 18.9 Å². The molecule has 0 aliphatic carbocycles. The lowest BCUT2D eigenvalue weighted by atomic mass is 10.2. The highest BCUT2D eigenvalue weighted by Gasteiger charge is 2.02. The lowest BCUT2D eigenvalue weighted by Gasteiger charge is -2.11. The van der Waals surface area contributed by atoms with Crippen LogP contribution >= 0.6 is 0 Å². The maximum Gasteiger partial charge on any atom is 0.221 e. The van der Waals surface area contributed by atoms with Gasteiger partial charge in [0, 0.05) is 37.9 Å². The van der Waals surface area contributed by atoms with E-state index in [9.17, 15) is 4.79 Å². The molecule has 4 nitrogen and oxygen atoms in total. The minimum absolute atomic E-state index is 0.0734. The van der Waals surface area contributed by atoms with E-state index in [0.29, 0.717) is 26.1 Å². The summed E-state index contributed by atoms with van der Waals surface area (Å²) in [5.74, 6) is 0.0734. The van der Waals surface area contributed by atoms with E-state index in [-0.39, 0.29) is 5.91 Å². The number of carbonyl (C=O) groups is 1. The third-order valence-electron chi connectivity index (χ3n) is 2.36. The van der Waals surface area contributed by atoms with Crippen LogP contribution in [0.15, 0.2) is 24.3 Å². The Morgan fingerprint density at radius 3 is 2.82 bits per heavy atom. The topological polar surface area (TPSA) is 50.4 Å². The fourth-order valence-corrected chi connectivity index (χ4v) is 1.57. The largest absolute Gasteiger partial charge is 0.384 e. The minimum atomic E-state index is 0.0734. The quantitative estimate of drug-likeness (QED) is 0.758. The molecule has 0 radical (unpaired) electrons. The smallest absolute Gasteiger partial charge is 0.221 e. The molecule has 0 aliphatic heterocycles. The highest BCUT2D eigenvalue weighted by Crippen LogP contribution is 2.15. The van der Waals surface area contributed by atoms with Gasteiger partial charge in [0.2, 0.25) is 5.91 Å². The summed E-state index contributed by atoms with van der Waals surface area (Å²) in [7, 11) is 1.67. The Morgan fingerprint density at radius 1 is 1.35 bits per heavy atom. The minimum Gasteiger partial charge on any atom is -0.384 e. The molecule has 0 spiro atoms. The number of nitrogens with one attached hydrogen (secondary N) is 2. The summed E-state index contributed by atoms with van der Waals surface area (Å²) in [6, 6.07) is 7.95. The lowest BCUT2D eigenvalue weighted by molar-refractivity contribution is -0.120. The van der Waals surface area contributed by atoms with Gasteiger partial charge in [0.05, 0.1) is 6.61 Å². The van der Waals surface area contributed by atoms with Crippen molar-refractivity contribution >= 4 is 11.6 Å². The molecule has 0 aliphatic rings. The molecule has 2 N–H and O–H groups in total. The number of benzene rings is 1. The Balaban J connectivity index is 2.43. The summed E-state index contributed by atoms with van der Waals surface area (Å²) in [6.45, 7) is 3.80. The standard InChI is InChI=1S/C13H20N2O2/c1-3-14-13(16)8-9-15-12-7-5-4-6-11(12)10-17-2/h4-7,15H,3,8-10H2,1-2H3,(H,14,16). The summed E-state index contributed by atoms with van der Waals surface area (Å²) in [5, 5.41) is 6.01. The van der Waals surface area contributed by atoms with Gasteiger partial charge in [-0.25, -0.2) is 0 Å². The first-order chi connectivity index (χ1) is 8.27. The average molecular weight is 236 g/mol. The number of anilines is 1. The summed E-state index contributed by atoms with van der Waals surface area (Å²) in [4.78, 5) is 11.3. The van der Waals surface area contributed by atoms with E-state index >= 15 is 0 Å². The van der Waals surface area contributed by atoms with Crippen LogP contribution in [0, 0.1) is 0 Å². The molecule has 4 heteroatoms. The Hall–Kier alpha value is -1.55. The number of ether oxygens (including phenoxy) is 1. The fourth-order valence-electron chi connectivity index (χ4n) is 1.57. The van der Waals surface area contributed by atoms with Crippen molar-refractivity contribution in [1.29, 1.82) is 0 Å². The van der Waals surface area contributed by atoms with Gasteiger partial charge in [-0.05, 0) is 13.0 Å². The Kier molecular flexibility index (Phi) is 6.10. The van der Waals surface area contributed by atoms with E-state index < -0.39 is 0 Å². The van der Waals surface area contributed by atoms with Gasteiger partial charge < -0.3 is 15.4 Å². The van der Waals surface area contributed by atoms with E-state index in [1.54, 1.807) is 7.11 Å². The SMILES string of the molecule is CCNC(=O)CCNc1ccccc1COC. The van der Waals surface area contributed by atoms with Gasteiger partial charge in [-0.1, -0.05) is 18.2 Å². The van der Waals surface area contributed by atoms with Crippen LogP contribution in [0.25, 0.3) is 0 Å². The molecular weight excluding hydrogens is 216 g/mol. The van der Waals surface area contributed by atoms with Gasteiger partial charge in [0.1, 0.15) is 0 Å². The molecule has 0 unspecified atom stereocenters. The zero-order valence-electron chi connectivity index (χ0n) is 10.5. The van der Waals surface area contributed by atoms with E-state index in [1.807, 2.05) is 31.2 Å². The van der Waals surface area contributed by atoms with Crippen molar-refractivity contribution in [3.8, 4) is 0 Å². The van der Waals surface area contributed by atoms with Gasteiger partial charge in [-0.3, -0.25) is 4.79 Å². The summed E-state index contributed by atoms with van der Waals surface area (Å²) < 4.78 is 5.12. The molecule has 0 heterocycles. The van der Waals surface area contributed by atoms with Crippen LogP contribution in [-0.4, -0.2) is 26.1 Å². The third-order valence-corrected chi connectivity index (χ3v) is 2.36. The first-order valence-electron chi connectivity index (χ1n) is 5.85. The Labute approximate surface area is 102 Å². The molecule has 0 atom stereocenters. The number of para-hydroxylation sites is 1. The highest BCUT2D eigenvalue weighted by molar-refractivity contribution is 5.76. The van der Waals surface area contributed by atoms with Crippen LogP contribution in [0.3, 0.4) is 0 Å². The molecule has 1 amide bonds. The molecule has 0 saturated carbocycles. The molecule has 0 saturated heterocycles. The second kappa shape index (κ2) is 7.68. The molecule has 1 aromatic carbocycles. The van der Waals surface area contributed by atoms with Gasteiger partial charge in [0.25, 0.3) is 0 Å². The summed E-state index contributed by atoms with van der Waals surface area (Å²) in [5.41, 5.74) is 2.13. The molecule has 0 fully saturated rings. The molecule has 1 rings (SSSR count). The number of amides is 1. The molecule has 0 bridgehead atoms. The van der Waals surface area contributed by atoms with E-state index in [0.717, 1.165) is 11.3 Å². The van der Waals surface area contributed by atoms with Crippen molar-refractivity contribution in [2.45, 2.75) is 20.0 Å². The number of hydrogen-bond acceptors (Lipinski definition) is 3. The molecule has 94 valence electrons. The second-order valence-electron chi connectivity index (χ2n) is 3.72. The van der Waals surface area contributed by atoms with Gasteiger partial charge in [-0.15, -0.1) is 0 Å². The molecule has 0 aromatic heterocycles. The number of carbonyl (C=O) groups excluding carboxylic acids is 1. The number of methoxy groups -OCH3 is 1. The van der Waals surface area contributed by atoms with Crippen LogP contribution < -0.4 is 10.6 Å². The lowest BCUT2D eigenvalue weighted by Crippen LogP contribution is -2.24. The number of rotatable bonds is 7. The van der Waals surface area contributed by atoms with E-state index in [2.05, 4.69) is 10.6 Å². The molecule has 17 heavy (non-hydrogen) atoms. The van der Waals surface area contributed by atoms with Gasteiger partial charge in [-0.2, -0.15) is 0 Å². The van der Waals surface area contributed by atoms with Gasteiger partial charge >= 0.3 is 0 Å².